The Morgan fingerprint density at radius 1 is 0.750 bits per heavy atom. The monoisotopic (exact) mass is 438 g/mol. The topological polar surface area (TPSA) is 74.8 Å². The Balaban J connectivity index is 1.90. The summed E-state index contributed by atoms with van der Waals surface area (Å²) in [5.74, 6) is -0.842. The van der Waals surface area contributed by atoms with Crippen LogP contribution < -0.4 is 0 Å². The normalized spacial score (nSPS) is 23.5. The van der Waals surface area contributed by atoms with Gasteiger partial charge in [0.15, 0.2) is 0 Å². The minimum atomic E-state index is -0.596. The molecule has 6 heteroatoms. The minimum absolute atomic E-state index is 0.295. The highest BCUT2D eigenvalue weighted by Crippen LogP contribution is 2.44. The zero-order chi connectivity index (χ0) is 22.7. The Kier molecular flexibility index (Phi) is 7.07. The van der Waals surface area contributed by atoms with Crippen molar-refractivity contribution in [3.8, 4) is 0 Å². The molecule has 0 radical (unpaired) electrons. The van der Waals surface area contributed by atoms with Gasteiger partial charge in [-0.2, -0.15) is 0 Å². The average molecular weight is 439 g/mol. The molecule has 0 aromatic heterocycles. The lowest BCUT2D eigenvalue weighted by atomic mass is 9.71. The summed E-state index contributed by atoms with van der Waals surface area (Å²) in [6, 6.07) is -0.596. The molecule has 2 aliphatic carbocycles. The number of allylic oxidation sites excluding steroid dienone is 1. The fourth-order valence-electron chi connectivity index (χ4n) is 6.07. The second-order valence-corrected chi connectivity index (χ2v) is 9.54. The maximum absolute atomic E-state index is 13.0. The lowest BCUT2D eigenvalue weighted by Gasteiger charge is -2.40. The number of imide groups is 2. The van der Waals surface area contributed by atoms with Crippen molar-refractivity contribution in [3.63, 3.8) is 0 Å². The van der Waals surface area contributed by atoms with Crippen molar-refractivity contribution in [2.45, 2.75) is 90.0 Å². The van der Waals surface area contributed by atoms with Gasteiger partial charge in [0.1, 0.15) is 0 Å². The van der Waals surface area contributed by atoms with E-state index in [0.29, 0.717) is 24.0 Å². The number of hydrogen-bond donors (Lipinski definition) is 0. The second kappa shape index (κ2) is 9.97. The number of hydrogen-bond acceptors (Lipinski definition) is 4. The van der Waals surface area contributed by atoms with Crippen LogP contribution in [0.3, 0.4) is 0 Å². The summed E-state index contributed by atoms with van der Waals surface area (Å²) in [7, 11) is 0. The van der Waals surface area contributed by atoms with Crippen LogP contribution in [-0.2, 0) is 19.2 Å². The van der Waals surface area contributed by atoms with Crippen LogP contribution >= 0.6 is 0 Å². The summed E-state index contributed by atoms with van der Waals surface area (Å²) in [4.78, 5) is 54.0. The summed E-state index contributed by atoms with van der Waals surface area (Å²) in [6.45, 7) is 2.01. The van der Waals surface area contributed by atoms with E-state index in [0.717, 1.165) is 57.8 Å². The molecule has 0 N–H and O–H groups in total. The van der Waals surface area contributed by atoms with Gasteiger partial charge in [-0.25, -0.2) is 4.90 Å². The van der Waals surface area contributed by atoms with E-state index in [-0.39, 0.29) is 23.6 Å². The minimum Gasteiger partial charge on any atom is -0.269 e. The van der Waals surface area contributed by atoms with E-state index < -0.39 is 6.04 Å². The third kappa shape index (κ3) is 4.37. The molecule has 0 aromatic carbocycles. The largest absolute Gasteiger partial charge is 0.269 e. The number of carbonyl (C=O) groups is 4. The van der Waals surface area contributed by atoms with Crippen molar-refractivity contribution in [1.82, 2.24) is 9.80 Å². The van der Waals surface area contributed by atoms with Crippen LogP contribution in [-0.4, -0.2) is 39.5 Å². The molecule has 1 atom stereocenters. The first kappa shape index (κ1) is 22.7. The average Bonchev–Trinajstić information content (AvgIpc) is 3.32. The van der Waals surface area contributed by atoms with E-state index in [1.54, 1.807) is 0 Å². The van der Waals surface area contributed by atoms with E-state index in [4.69, 9.17) is 0 Å². The molecule has 2 fully saturated rings. The first-order valence-corrected chi connectivity index (χ1v) is 12.4. The van der Waals surface area contributed by atoms with Crippen LogP contribution in [0, 0.1) is 11.8 Å². The van der Waals surface area contributed by atoms with E-state index in [1.165, 1.54) is 52.5 Å². The van der Waals surface area contributed by atoms with Crippen LogP contribution in [0.4, 0.5) is 0 Å². The van der Waals surface area contributed by atoms with Gasteiger partial charge in [0.05, 0.1) is 11.7 Å². The summed E-state index contributed by atoms with van der Waals surface area (Å²) in [6.07, 6.45) is 17.6. The van der Waals surface area contributed by atoms with E-state index in [9.17, 15) is 19.2 Å². The predicted octanol–water partition coefficient (Wildman–Crippen LogP) is 4.42. The zero-order valence-corrected chi connectivity index (χ0v) is 19.1. The SMILES string of the molecule is CCCC(C(=C(C1CCCCC1)C1CCCCC1)N1C(=O)C=CC1=O)N1C(=O)C=CC1=O. The quantitative estimate of drug-likeness (QED) is 0.552. The molecule has 2 heterocycles. The van der Waals surface area contributed by atoms with Gasteiger partial charge in [-0.1, -0.05) is 51.9 Å². The van der Waals surface area contributed by atoms with Crippen LogP contribution in [0.5, 0.6) is 0 Å². The van der Waals surface area contributed by atoms with Crippen LogP contribution in [0.2, 0.25) is 0 Å². The third-order valence-corrected chi connectivity index (χ3v) is 7.47. The van der Waals surface area contributed by atoms with Crippen LogP contribution in [0.25, 0.3) is 0 Å². The number of carbonyl (C=O) groups excluding carboxylic acids is 4. The molecule has 0 spiro atoms. The summed E-state index contributed by atoms with van der Waals surface area (Å²) >= 11 is 0. The molecule has 1 unspecified atom stereocenters. The second-order valence-electron chi connectivity index (χ2n) is 9.54. The Labute approximate surface area is 190 Å². The number of amides is 4. The summed E-state index contributed by atoms with van der Waals surface area (Å²) in [5, 5.41) is 0. The highest BCUT2D eigenvalue weighted by Gasteiger charge is 2.43. The molecule has 172 valence electrons. The molecule has 32 heavy (non-hydrogen) atoms. The lowest BCUT2D eigenvalue weighted by molar-refractivity contribution is -0.142. The van der Waals surface area contributed by atoms with Gasteiger partial charge < -0.3 is 0 Å². The lowest BCUT2D eigenvalue weighted by Crippen LogP contribution is -2.48. The van der Waals surface area contributed by atoms with Crippen molar-refractivity contribution in [2.24, 2.45) is 11.8 Å². The van der Waals surface area contributed by atoms with Gasteiger partial charge in [-0.05, 0) is 49.5 Å². The molecule has 4 rings (SSSR count). The van der Waals surface area contributed by atoms with Gasteiger partial charge in [-0.15, -0.1) is 0 Å². The Morgan fingerprint density at radius 3 is 1.62 bits per heavy atom. The molecule has 2 aliphatic heterocycles. The van der Waals surface area contributed by atoms with E-state index in [1.807, 2.05) is 6.92 Å². The third-order valence-electron chi connectivity index (χ3n) is 7.47. The molecule has 6 nitrogen and oxygen atoms in total. The first-order chi connectivity index (χ1) is 15.5. The molecule has 2 saturated carbocycles. The van der Waals surface area contributed by atoms with Gasteiger partial charge >= 0.3 is 0 Å². The number of rotatable bonds is 7. The standard InChI is InChI=1S/C26H34N2O4/c1-2-9-20(27-21(29)14-15-22(27)30)26(28-23(31)16-17-24(28)32)25(18-10-5-3-6-11-18)19-12-7-4-8-13-19/h14-20H,2-13H2,1H3. The summed E-state index contributed by atoms with van der Waals surface area (Å²) < 4.78 is 0. The van der Waals surface area contributed by atoms with Crippen molar-refractivity contribution in [2.75, 3.05) is 0 Å². The highest BCUT2D eigenvalue weighted by atomic mass is 16.2. The Bertz CT molecular complexity index is 816. The van der Waals surface area contributed by atoms with E-state index in [2.05, 4.69) is 0 Å². The summed E-state index contributed by atoms with van der Waals surface area (Å²) in [5.41, 5.74) is 1.82. The predicted molar refractivity (Wildman–Crippen MR) is 121 cm³/mol. The van der Waals surface area contributed by atoms with Crippen LogP contribution in [0.15, 0.2) is 35.6 Å². The molecule has 4 amide bonds. The maximum Gasteiger partial charge on any atom is 0.258 e. The van der Waals surface area contributed by atoms with Gasteiger partial charge in [0, 0.05) is 24.3 Å². The number of nitrogens with zero attached hydrogens (tertiary/aromatic N) is 2. The molecule has 0 aromatic rings. The molecule has 4 aliphatic rings. The fourth-order valence-corrected chi connectivity index (χ4v) is 6.07. The molecule has 0 saturated heterocycles. The Hall–Kier alpha value is -2.50. The Morgan fingerprint density at radius 2 is 1.19 bits per heavy atom. The molecular formula is C26H34N2O4. The van der Waals surface area contributed by atoms with Crippen molar-refractivity contribution < 1.29 is 19.2 Å². The van der Waals surface area contributed by atoms with Gasteiger partial charge in [0.25, 0.3) is 23.6 Å². The van der Waals surface area contributed by atoms with Crippen LogP contribution in [0.1, 0.15) is 84.0 Å². The zero-order valence-electron chi connectivity index (χ0n) is 19.1. The molecular weight excluding hydrogens is 404 g/mol. The van der Waals surface area contributed by atoms with Gasteiger partial charge in [0.2, 0.25) is 0 Å². The molecule has 0 bridgehead atoms. The fraction of sp³-hybridized carbons (Fsp3) is 0.615. The maximum atomic E-state index is 13.0. The smallest absolute Gasteiger partial charge is 0.258 e. The van der Waals surface area contributed by atoms with Crippen molar-refractivity contribution in [3.05, 3.63) is 35.6 Å². The first-order valence-electron chi connectivity index (χ1n) is 12.4. The van der Waals surface area contributed by atoms with Crippen molar-refractivity contribution >= 4 is 23.6 Å². The van der Waals surface area contributed by atoms with Gasteiger partial charge in [-0.3, -0.25) is 24.1 Å². The highest BCUT2D eigenvalue weighted by molar-refractivity contribution is 6.16. The van der Waals surface area contributed by atoms with E-state index >= 15 is 0 Å². The van der Waals surface area contributed by atoms with Crippen molar-refractivity contribution in [1.29, 1.82) is 0 Å².